The van der Waals surface area contributed by atoms with Crippen LogP contribution < -0.4 is 4.74 Å². The van der Waals surface area contributed by atoms with Crippen LogP contribution in [0.4, 0.5) is 13.2 Å². The van der Waals surface area contributed by atoms with Gasteiger partial charge in [0.15, 0.2) is 6.61 Å². The predicted molar refractivity (Wildman–Crippen MR) is 86.1 cm³/mol. The molecule has 0 spiro atoms. The minimum Gasteiger partial charge on any atom is -0.467 e. The van der Waals surface area contributed by atoms with Gasteiger partial charge in [-0.15, -0.1) is 0 Å². The first kappa shape index (κ1) is 20.3. The van der Waals surface area contributed by atoms with Gasteiger partial charge in [0.25, 0.3) is 5.91 Å². The van der Waals surface area contributed by atoms with Crippen molar-refractivity contribution in [1.82, 2.24) is 9.88 Å². The van der Waals surface area contributed by atoms with Crippen LogP contribution in [-0.4, -0.2) is 54.2 Å². The number of hydrogen-bond donors (Lipinski definition) is 0. The van der Waals surface area contributed by atoms with E-state index in [0.717, 1.165) is 6.20 Å². The molecule has 1 amide bonds. The third kappa shape index (κ3) is 5.48. The van der Waals surface area contributed by atoms with Gasteiger partial charge in [-0.25, -0.2) is 4.98 Å². The van der Waals surface area contributed by atoms with Crippen LogP contribution in [0.2, 0.25) is 5.02 Å². The largest absolute Gasteiger partial charge is 0.467 e. The van der Waals surface area contributed by atoms with Gasteiger partial charge < -0.3 is 14.4 Å². The molecule has 26 heavy (non-hydrogen) atoms. The van der Waals surface area contributed by atoms with Gasteiger partial charge in [-0.1, -0.05) is 11.6 Å². The Balaban J connectivity index is 1.96. The molecule has 0 aliphatic carbocycles. The molecule has 1 aromatic heterocycles. The SMILES string of the molecule is CCOC(=O)C1CCN(C(=O)c2cnc(OCC(F)(F)F)c(Cl)c2)CC1. The fraction of sp³-hybridized carbons (Fsp3) is 0.562. The molecule has 0 radical (unpaired) electrons. The van der Waals surface area contributed by atoms with Gasteiger partial charge in [-0.05, 0) is 25.8 Å². The number of nitrogens with zero attached hydrogens (tertiary/aromatic N) is 2. The molecule has 0 saturated carbocycles. The number of hydrogen-bond acceptors (Lipinski definition) is 5. The highest BCUT2D eigenvalue weighted by Crippen LogP contribution is 2.26. The molecule has 0 aromatic carbocycles. The quantitative estimate of drug-likeness (QED) is 0.718. The smallest absolute Gasteiger partial charge is 0.422 e. The van der Waals surface area contributed by atoms with E-state index in [-0.39, 0.29) is 34.3 Å². The first-order valence-corrected chi connectivity index (χ1v) is 8.40. The normalized spacial score (nSPS) is 15.7. The van der Waals surface area contributed by atoms with Gasteiger partial charge in [0, 0.05) is 19.3 Å². The number of carbonyl (C=O) groups is 2. The third-order valence-electron chi connectivity index (χ3n) is 3.83. The summed E-state index contributed by atoms with van der Waals surface area (Å²) < 4.78 is 46.0. The summed E-state index contributed by atoms with van der Waals surface area (Å²) in [6, 6.07) is 1.22. The van der Waals surface area contributed by atoms with Crippen LogP contribution in [0.3, 0.4) is 0 Å². The van der Waals surface area contributed by atoms with Gasteiger partial charge >= 0.3 is 12.1 Å². The zero-order chi connectivity index (χ0) is 19.3. The van der Waals surface area contributed by atoms with E-state index in [2.05, 4.69) is 9.72 Å². The van der Waals surface area contributed by atoms with Crippen LogP contribution in [0.25, 0.3) is 0 Å². The Bertz CT molecular complexity index is 661. The monoisotopic (exact) mass is 394 g/mol. The molecular weight excluding hydrogens is 377 g/mol. The molecule has 0 bridgehead atoms. The second-order valence-corrected chi connectivity index (χ2v) is 6.14. The zero-order valence-corrected chi connectivity index (χ0v) is 14.8. The second kappa shape index (κ2) is 8.57. The highest BCUT2D eigenvalue weighted by Gasteiger charge is 2.30. The number of ether oxygens (including phenoxy) is 2. The Labute approximate surface area is 153 Å². The molecular formula is C16H18ClF3N2O4. The molecule has 0 atom stereocenters. The molecule has 144 valence electrons. The molecule has 0 N–H and O–H groups in total. The number of alkyl halides is 3. The van der Waals surface area contributed by atoms with E-state index < -0.39 is 12.8 Å². The van der Waals surface area contributed by atoms with Crippen molar-refractivity contribution in [3.63, 3.8) is 0 Å². The molecule has 1 fully saturated rings. The van der Waals surface area contributed by atoms with Crippen molar-refractivity contribution in [1.29, 1.82) is 0 Å². The molecule has 2 heterocycles. The van der Waals surface area contributed by atoms with Gasteiger partial charge in [0.2, 0.25) is 5.88 Å². The van der Waals surface area contributed by atoms with Crippen molar-refractivity contribution >= 4 is 23.5 Å². The van der Waals surface area contributed by atoms with Crippen LogP contribution in [0, 0.1) is 5.92 Å². The van der Waals surface area contributed by atoms with E-state index in [0.29, 0.717) is 32.5 Å². The summed E-state index contributed by atoms with van der Waals surface area (Å²) in [5, 5.41) is -0.179. The van der Waals surface area contributed by atoms with Gasteiger partial charge in [-0.2, -0.15) is 13.2 Å². The Morgan fingerprint density at radius 2 is 2.00 bits per heavy atom. The minimum atomic E-state index is -4.51. The molecule has 10 heteroatoms. The highest BCUT2D eigenvalue weighted by atomic mass is 35.5. The molecule has 6 nitrogen and oxygen atoms in total. The summed E-state index contributed by atoms with van der Waals surface area (Å²) in [7, 11) is 0. The highest BCUT2D eigenvalue weighted by molar-refractivity contribution is 6.32. The lowest BCUT2D eigenvalue weighted by Crippen LogP contribution is -2.40. The maximum Gasteiger partial charge on any atom is 0.422 e. The Hall–Kier alpha value is -2.03. The summed E-state index contributed by atoms with van der Waals surface area (Å²) in [4.78, 5) is 29.4. The average molecular weight is 395 g/mol. The van der Waals surface area contributed by atoms with Crippen molar-refractivity contribution in [3.05, 3.63) is 22.8 Å². The van der Waals surface area contributed by atoms with Crippen molar-refractivity contribution in [2.45, 2.75) is 25.9 Å². The summed E-state index contributed by atoms with van der Waals surface area (Å²) in [6.07, 6.45) is -2.42. The third-order valence-corrected chi connectivity index (χ3v) is 4.10. The van der Waals surface area contributed by atoms with Crippen molar-refractivity contribution in [3.8, 4) is 5.88 Å². The molecule has 1 aromatic rings. The number of esters is 1. The lowest BCUT2D eigenvalue weighted by atomic mass is 9.96. The Morgan fingerprint density at radius 1 is 1.35 bits per heavy atom. The summed E-state index contributed by atoms with van der Waals surface area (Å²) in [5.41, 5.74) is 0.143. The Morgan fingerprint density at radius 3 is 2.54 bits per heavy atom. The molecule has 1 saturated heterocycles. The lowest BCUT2D eigenvalue weighted by Gasteiger charge is -2.30. The van der Waals surface area contributed by atoms with Crippen LogP contribution in [0.15, 0.2) is 12.3 Å². The van der Waals surface area contributed by atoms with Crippen molar-refractivity contribution in [2.75, 3.05) is 26.3 Å². The lowest BCUT2D eigenvalue weighted by molar-refractivity contribution is -0.154. The fourth-order valence-electron chi connectivity index (χ4n) is 2.56. The van der Waals surface area contributed by atoms with Crippen LogP contribution >= 0.6 is 11.6 Å². The standard InChI is InChI=1S/C16H18ClF3N2O4/c1-2-25-15(24)10-3-5-22(6-4-10)14(23)11-7-12(17)13(21-8-11)26-9-16(18,19)20/h7-8,10H,2-6,9H2,1H3. The zero-order valence-electron chi connectivity index (χ0n) is 14.0. The minimum absolute atomic E-state index is 0.143. The van der Waals surface area contributed by atoms with E-state index in [9.17, 15) is 22.8 Å². The Kier molecular flexibility index (Phi) is 6.69. The van der Waals surface area contributed by atoms with E-state index in [4.69, 9.17) is 16.3 Å². The van der Waals surface area contributed by atoms with Gasteiger partial charge in [0.05, 0.1) is 18.1 Å². The molecule has 1 aliphatic heterocycles. The topological polar surface area (TPSA) is 68.7 Å². The number of halogens is 4. The molecule has 0 unspecified atom stereocenters. The van der Waals surface area contributed by atoms with Crippen molar-refractivity contribution in [2.24, 2.45) is 5.92 Å². The van der Waals surface area contributed by atoms with E-state index >= 15 is 0 Å². The van der Waals surface area contributed by atoms with Gasteiger partial charge in [0.1, 0.15) is 5.02 Å². The predicted octanol–water partition coefficient (Wildman–Crippen LogP) is 3.09. The number of amides is 1. The van der Waals surface area contributed by atoms with Crippen LogP contribution in [0.5, 0.6) is 5.88 Å². The number of likely N-dealkylation sites (tertiary alicyclic amines) is 1. The summed E-state index contributed by atoms with van der Waals surface area (Å²) in [6.45, 7) is 1.26. The van der Waals surface area contributed by atoms with E-state index in [1.807, 2.05) is 0 Å². The van der Waals surface area contributed by atoms with Crippen LogP contribution in [0.1, 0.15) is 30.1 Å². The maximum atomic E-state index is 12.5. The number of piperidine rings is 1. The maximum absolute atomic E-state index is 12.5. The van der Waals surface area contributed by atoms with Crippen molar-refractivity contribution < 1.29 is 32.2 Å². The van der Waals surface area contributed by atoms with Crippen LogP contribution in [-0.2, 0) is 9.53 Å². The number of aromatic nitrogens is 1. The summed E-state index contributed by atoms with van der Waals surface area (Å²) in [5.74, 6) is -1.25. The average Bonchev–Trinajstić information content (AvgIpc) is 2.59. The summed E-state index contributed by atoms with van der Waals surface area (Å²) >= 11 is 5.85. The fourth-order valence-corrected chi connectivity index (χ4v) is 2.78. The number of carbonyl (C=O) groups excluding carboxylic acids is 2. The van der Waals surface area contributed by atoms with E-state index in [1.54, 1.807) is 11.8 Å². The first-order valence-electron chi connectivity index (χ1n) is 8.02. The molecule has 1 aliphatic rings. The first-order chi connectivity index (χ1) is 12.2. The number of rotatable bonds is 5. The molecule has 2 rings (SSSR count). The van der Waals surface area contributed by atoms with Gasteiger partial charge in [-0.3, -0.25) is 9.59 Å². The van der Waals surface area contributed by atoms with E-state index in [1.165, 1.54) is 6.07 Å². The second-order valence-electron chi connectivity index (χ2n) is 5.73. The number of pyridine rings is 1.